The predicted octanol–water partition coefficient (Wildman–Crippen LogP) is 6.44. The molecule has 4 rings (SSSR count). The van der Waals surface area contributed by atoms with Crippen LogP contribution in [0.25, 0.3) is 11.1 Å². The molecule has 6 nitrogen and oxygen atoms in total. The Bertz CT molecular complexity index is 1480. The number of carboxylic acid groups (broad SMARTS) is 1. The number of nitrogens with one attached hydrogen (secondary N) is 1. The molecule has 1 amide bonds. The number of carboxylic acids is 1. The van der Waals surface area contributed by atoms with Gasteiger partial charge in [-0.2, -0.15) is 5.26 Å². The van der Waals surface area contributed by atoms with Crippen molar-refractivity contribution in [1.82, 2.24) is 5.32 Å². The molecule has 0 aliphatic heterocycles. The second kappa shape index (κ2) is 10.7. The molecule has 0 unspecified atom stereocenters. The van der Waals surface area contributed by atoms with Crippen molar-refractivity contribution in [2.24, 2.45) is 0 Å². The van der Waals surface area contributed by atoms with E-state index in [0.717, 1.165) is 0 Å². The fourth-order valence-electron chi connectivity index (χ4n) is 3.47. The zero-order valence-electron chi connectivity index (χ0n) is 18.7. The van der Waals surface area contributed by atoms with Crippen LogP contribution in [0.15, 0.2) is 84.9 Å². The quantitative estimate of drug-likeness (QED) is 0.304. The summed E-state index contributed by atoms with van der Waals surface area (Å²) in [5.74, 6) is -1.31. The number of hydrogen-bond acceptors (Lipinski definition) is 4. The topological polar surface area (TPSA) is 99.4 Å². The number of ether oxygens (including phenoxy) is 1. The van der Waals surface area contributed by atoms with Crippen molar-refractivity contribution < 1.29 is 23.8 Å². The number of carbonyl (C=O) groups is 2. The monoisotopic (exact) mass is 500 g/mol. The van der Waals surface area contributed by atoms with Crippen molar-refractivity contribution in [3.63, 3.8) is 0 Å². The molecular weight excluding hydrogens is 483 g/mol. The highest BCUT2D eigenvalue weighted by molar-refractivity contribution is 6.31. The Balaban J connectivity index is 1.65. The van der Waals surface area contributed by atoms with Gasteiger partial charge in [0, 0.05) is 11.6 Å². The summed E-state index contributed by atoms with van der Waals surface area (Å²) in [4.78, 5) is 24.3. The SMILES string of the molecule is N#Cc1cc(Cl)cc(-c2ccc(Oc3ccc(F)cc3)c(C(=O)NCc3ccc(C(=O)O)cc3)c2)c1. The number of aromatic carboxylic acids is 1. The number of nitriles is 1. The van der Waals surface area contributed by atoms with Crippen LogP contribution in [0, 0.1) is 17.1 Å². The van der Waals surface area contributed by atoms with Crippen LogP contribution in [-0.4, -0.2) is 17.0 Å². The lowest BCUT2D eigenvalue weighted by Gasteiger charge is -2.14. The molecule has 0 fully saturated rings. The number of carbonyl (C=O) groups excluding carboxylic acids is 1. The molecule has 178 valence electrons. The van der Waals surface area contributed by atoms with Gasteiger partial charge >= 0.3 is 5.97 Å². The van der Waals surface area contributed by atoms with Gasteiger partial charge in [-0.3, -0.25) is 4.79 Å². The molecule has 0 saturated carbocycles. The van der Waals surface area contributed by atoms with Crippen molar-refractivity contribution >= 4 is 23.5 Å². The van der Waals surface area contributed by atoms with E-state index >= 15 is 0 Å². The maximum atomic E-state index is 13.3. The first-order valence-electron chi connectivity index (χ1n) is 10.7. The van der Waals surface area contributed by atoms with Gasteiger partial charge in [0.05, 0.1) is 22.8 Å². The van der Waals surface area contributed by atoms with Crippen LogP contribution in [-0.2, 0) is 6.54 Å². The lowest BCUT2D eigenvalue weighted by molar-refractivity contribution is 0.0696. The lowest BCUT2D eigenvalue weighted by Crippen LogP contribution is -2.23. The van der Waals surface area contributed by atoms with Gasteiger partial charge in [0.25, 0.3) is 5.91 Å². The highest BCUT2D eigenvalue weighted by Gasteiger charge is 2.16. The Kier molecular flexibility index (Phi) is 7.28. The van der Waals surface area contributed by atoms with Crippen molar-refractivity contribution in [2.45, 2.75) is 6.54 Å². The van der Waals surface area contributed by atoms with Crippen LogP contribution in [0.5, 0.6) is 11.5 Å². The Labute approximate surface area is 211 Å². The predicted molar refractivity (Wildman–Crippen MR) is 133 cm³/mol. The molecule has 8 heteroatoms. The van der Waals surface area contributed by atoms with Crippen LogP contribution in [0.2, 0.25) is 5.02 Å². The maximum Gasteiger partial charge on any atom is 0.335 e. The van der Waals surface area contributed by atoms with Gasteiger partial charge in [-0.05, 0) is 83.4 Å². The second-order valence-corrected chi connectivity index (χ2v) is 8.23. The van der Waals surface area contributed by atoms with Gasteiger partial charge in [-0.15, -0.1) is 0 Å². The standard InChI is InChI=1S/C28H18ClFN2O4/c29-22-12-18(15-31)11-21(13-22)20-5-10-26(36-24-8-6-23(30)7-9-24)25(14-20)27(33)32-16-17-1-3-19(4-2-17)28(34)35/h1-14H,16H2,(H,32,33)(H,34,35). The largest absolute Gasteiger partial charge is 0.478 e. The minimum atomic E-state index is -1.04. The average Bonchev–Trinajstić information content (AvgIpc) is 2.88. The summed E-state index contributed by atoms with van der Waals surface area (Å²) < 4.78 is 19.2. The fraction of sp³-hybridized carbons (Fsp3) is 0.0357. The van der Waals surface area contributed by atoms with Crippen molar-refractivity contribution in [1.29, 1.82) is 5.26 Å². The Morgan fingerprint density at radius 3 is 2.33 bits per heavy atom. The summed E-state index contributed by atoms with van der Waals surface area (Å²) in [7, 11) is 0. The van der Waals surface area contributed by atoms with Crippen LogP contribution < -0.4 is 10.1 Å². The molecule has 0 bridgehead atoms. The number of halogens is 2. The fourth-order valence-corrected chi connectivity index (χ4v) is 3.70. The van der Waals surface area contributed by atoms with E-state index in [0.29, 0.717) is 33.0 Å². The first-order valence-corrected chi connectivity index (χ1v) is 11.1. The van der Waals surface area contributed by atoms with Gasteiger partial charge < -0.3 is 15.2 Å². The van der Waals surface area contributed by atoms with E-state index in [9.17, 15) is 19.2 Å². The summed E-state index contributed by atoms with van der Waals surface area (Å²) in [6.07, 6.45) is 0. The van der Waals surface area contributed by atoms with Gasteiger partial charge in [0.2, 0.25) is 0 Å². The first-order chi connectivity index (χ1) is 17.3. The molecule has 4 aromatic carbocycles. The third-order valence-electron chi connectivity index (χ3n) is 5.28. The van der Waals surface area contributed by atoms with Crippen molar-refractivity contribution in [3.05, 3.63) is 118 Å². The summed E-state index contributed by atoms with van der Waals surface area (Å²) in [6.45, 7) is 0.148. The van der Waals surface area contributed by atoms with E-state index in [1.165, 1.54) is 36.4 Å². The molecular formula is C28H18ClFN2O4. The molecule has 0 aliphatic carbocycles. The van der Waals surface area contributed by atoms with E-state index in [4.69, 9.17) is 21.4 Å². The van der Waals surface area contributed by atoms with E-state index in [-0.39, 0.29) is 23.4 Å². The number of amides is 1. The minimum absolute atomic E-state index is 0.144. The molecule has 0 radical (unpaired) electrons. The highest BCUT2D eigenvalue weighted by atomic mass is 35.5. The summed E-state index contributed by atoms with van der Waals surface area (Å²) in [6, 6.07) is 23.5. The number of hydrogen-bond donors (Lipinski definition) is 2. The van der Waals surface area contributed by atoms with Crippen LogP contribution >= 0.6 is 11.6 Å². The van der Waals surface area contributed by atoms with Crippen LogP contribution in [0.4, 0.5) is 4.39 Å². The highest BCUT2D eigenvalue weighted by Crippen LogP contribution is 2.32. The normalized spacial score (nSPS) is 10.4. The molecule has 0 aromatic heterocycles. The molecule has 4 aromatic rings. The smallest absolute Gasteiger partial charge is 0.335 e. The summed E-state index contributed by atoms with van der Waals surface area (Å²) >= 11 is 6.16. The molecule has 0 aliphatic rings. The van der Waals surface area contributed by atoms with Gasteiger partial charge in [0.1, 0.15) is 17.3 Å². The van der Waals surface area contributed by atoms with E-state index < -0.39 is 17.7 Å². The third-order valence-corrected chi connectivity index (χ3v) is 5.50. The molecule has 36 heavy (non-hydrogen) atoms. The van der Waals surface area contributed by atoms with Gasteiger partial charge in [-0.1, -0.05) is 29.8 Å². The summed E-state index contributed by atoms with van der Waals surface area (Å²) in [5.41, 5.74) is 2.71. The summed E-state index contributed by atoms with van der Waals surface area (Å²) in [5, 5.41) is 21.5. The molecule has 0 atom stereocenters. The Hall–Kier alpha value is -4.67. The first kappa shape index (κ1) is 24.5. The Morgan fingerprint density at radius 2 is 1.67 bits per heavy atom. The van der Waals surface area contributed by atoms with Crippen LogP contribution in [0.3, 0.4) is 0 Å². The zero-order valence-corrected chi connectivity index (χ0v) is 19.4. The number of benzene rings is 4. The molecule has 0 heterocycles. The van der Waals surface area contributed by atoms with Crippen LogP contribution in [0.1, 0.15) is 31.8 Å². The lowest BCUT2D eigenvalue weighted by atomic mass is 10.00. The van der Waals surface area contributed by atoms with Gasteiger partial charge in [-0.25, -0.2) is 9.18 Å². The molecule has 0 spiro atoms. The molecule has 2 N–H and O–H groups in total. The minimum Gasteiger partial charge on any atom is -0.478 e. The second-order valence-electron chi connectivity index (χ2n) is 7.79. The third kappa shape index (κ3) is 5.87. The van der Waals surface area contributed by atoms with Crippen molar-refractivity contribution in [3.8, 4) is 28.7 Å². The molecule has 0 saturated heterocycles. The van der Waals surface area contributed by atoms with E-state index in [2.05, 4.69) is 11.4 Å². The maximum absolute atomic E-state index is 13.3. The van der Waals surface area contributed by atoms with Crippen molar-refractivity contribution in [2.75, 3.05) is 0 Å². The van der Waals surface area contributed by atoms with E-state index in [1.807, 2.05) is 0 Å². The Morgan fingerprint density at radius 1 is 0.944 bits per heavy atom. The average molecular weight is 501 g/mol. The van der Waals surface area contributed by atoms with E-state index in [1.54, 1.807) is 48.5 Å². The number of nitrogens with zero attached hydrogens (tertiary/aromatic N) is 1. The number of rotatable bonds is 7. The van der Waals surface area contributed by atoms with Gasteiger partial charge in [0.15, 0.2) is 0 Å². The zero-order chi connectivity index (χ0) is 25.7.